The van der Waals surface area contributed by atoms with Crippen molar-refractivity contribution in [2.45, 2.75) is 0 Å². The van der Waals surface area contributed by atoms with E-state index in [1.165, 1.54) is 19.6 Å². The number of carbonyl (C=O) groups is 2. The number of furan rings is 1. The molecule has 8 nitrogen and oxygen atoms in total. The third-order valence-electron chi connectivity index (χ3n) is 4.42. The molecule has 0 radical (unpaired) electrons. The molecule has 1 aromatic heterocycles. The average Bonchev–Trinajstić information content (AvgIpc) is 3.27. The van der Waals surface area contributed by atoms with Gasteiger partial charge < -0.3 is 24.3 Å². The summed E-state index contributed by atoms with van der Waals surface area (Å²) in [6, 6.07) is 10.0. The number of carbonyl (C=O) groups excluding carboxylic acids is 2. The van der Waals surface area contributed by atoms with Crippen molar-refractivity contribution in [3.05, 3.63) is 59.2 Å². The molecule has 2 aromatic rings. The van der Waals surface area contributed by atoms with E-state index in [4.69, 9.17) is 20.8 Å². The molecule has 0 unspecified atom stereocenters. The number of halogens is 1. The zero-order valence-electron chi connectivity index (χ0n) is 15.7. The van der Waals surface area contributed by atoms with Crippen LogP contribution in [0.15, 0.2) is 52.8 Å². The van der Waals surface area contributed by atoms with Gasteiger partial charge in [0.05, 0.1) is 19.1 Å². The first-order chi connectivity index (χ1) is 14.0. The molecule has 1 aliphatic heterocycles. The summed E-state index contributed by atoms with van der Waals surface area (Å²) in [6.07, 6.45) is 2.96. The molecular formula is C20H19ClN4O4. The maximum atomic E-state index is 12.5. The summed E-state index contributed by atoms with van der Waals surface area (Å²) in [5, 5.41) is 12.5. The van der Waals surface area contributed by atoms with Crippen LogP contribution in [0, 0.1) is 11.3 Å². The van der Waals surface area contributed by atoms with Crippen LogP contribution in [-0.2, 0) is 4.79 Å². The zero-order valence-corrected chi connectivity index (χ0v) is 16.5. The Morgan fingerprint density at radius 3 is 2.66 bits per heavy atom. The number of nitrogens with one attached hydrogen (secondary N) is 1. The third-order valence-corrected chi connectivity index (χ3v) is 4.66. The van der Waals surface area contributed by atoms with Crippen molar-refractivity contribution in [1.82, 2.24) is 9.80 Å². The minimum atomic E-state index is -0.567. The number of anilines is 1. The summed E-state index contributed by atoms with van der Waals surface area (Å²) < 4.78 is 10.3. The summed E-state index contributed by atoms with van der Waals surface area (Å²) in [4.78, 5) is 28.3. The van der Waals surface area contributed by atoms with E-state index in [1.54, 1.807) is 35.2 Å². The highest BCUT2D eigenvalue weighted by atomic mass is 35.5. The van der Waals surface area contributed by atoms with Gasteiger partial charge in [0.2, 0.25) is 0 Å². The van der Waals surface area contributed by atoms with Gasteiger partial charge in [-0.2, -0.15) is 5.26 Å². The van der Waals surface area contributed by atoms with Crippen LogP contribution in [0.5, 0.6) is 5.75 Å². The van der Waals surface area contributed by atoms with E-state index < -0.39 is 5.91 Å². The van der Waals surface area contributed by atoms with Gasteiger partial charge in [0, 0.05) is 37.4 Å². The second-order valence-electron chi connectivity index (χ2n) is 6.26. The van der Waals surface area contributed by atoms with Crippen LogP contribution >= 0.6 is 11.6 Å². The number of piperazine rings is 1. The molecule has 0 atom stereocenters. The Labute approximate surface area is 172 Å². The van der Waals surface area contributed by atoms with Crippen LogP contribution in [0.1, 0.15) is 10.6 Å². The SMILES string of the molecule is COc1ccc(Cl)cc1NC(=O)/C(C#N)=C\N1CCN(C(=O)c2ccco2)CC1. The lowest BCUT2D eigenvalue weighted by Gasteiger charge is -2.33. The fourth-order valence-corrected chi connectivity index (χ4v) is 3.07. The van der Waals surface area contributed by atoms with Crippen molar-refractivity contribution in [3.8, 4) is 11.8 Å². The molecule has 0 bridgehead atoms. The highest BCUT2D eigenvalue weighted by Crippen LogP contribution is 2.28. The number of amides is 2. The van der Waals surface area contributed by atoms with E-state index in [9.17, 15) is 14.9 Å². The standard InChI is InChI=1S/C20H19ClN4O4/c1-28-17-5-4-15(21)11-16(17)23-19(26)14(12-22)13-24-6-8-25(9-7-24)20(27)18-3-2-10-29-18/h2-5,10-11,13H,6-9H2,1H3,(H,23,26)/b14-13-. The van der Waals surface area contributed by atoms with Crippen LogP contribution in [0.3, 0.4) is 0 Å². The van der Waals surface area contributed by atoms with Gasteiger partial charge in [0.15, 0.2) is 5.76 Å². The zero-order chi connectivity index (χ0) is 20.8. The van der Waals surface area contributed by atoms with Crippen molar-refractivity contribution >= 4 is 29.1 Å². The first-order valence-corrected chi connectivity index (χ1v) is 9.23. The molecule has 150 valence electrons. The van der Waals surface area contributed by atoms with Gasteiger partial charge in [-0.3, -0.25) is 9.59 Å². The van der Waals surface area contributed by atoms with Crippen molar-refractivity contribution < 1.29 is 18.7 Å². The lowest BCUT2D eigenvalue weighted by Crippen LogP contribution is -2.47. The Morgan fingerprint density at radius 1 is 1.28 bits per heavy atom. The fourth-order valence-electron chi connectivity index (χ4n) is 2.90. The summed E-state index contributed by atoms with van der Waals surface area (Å²) in [5.41, 5.74) is 0.317. The fraction of sp³-hybridized carbons (Fsp3) is 0.250. The molecule has 1 aromatic carbocycles. The monoisotopic (exact) mass is 414 g/mol. The second kappa shape index (κ2) is 9.17. The molecule has 1 saturated heterocycles. The molecule has 0 aliphatic carbocycles. The summed E-state index contributed by atoms with van der Waals surface area (Å²) >= 11 is 5.97. The maximum Gasteiger partial charge on any atom is 0.289 e. The Bertz CT molecular complexity index is 957. The molecule has 9 heteroatoms. The van der Waals surface area contributed by atoms with Crippen molar-refractivity contribution in [2.24, 2.45) is 0 Å². The Morgan fingerprint density at radius 2 is 2.03 bits per heavy atom. The molecule has 29 heavy (non-hydrogen) atoms. The van der Waals surface area contributed by atoms with Gasteiger partial charge in [-0.05, 0) is 30.3 Å². The Kier molecular flexibility index (Phi) is 6.42. The van der Waals surface area contributed by atoms with Crippen molar-refractivity contribution in [3.63, 3.8) is 0 Å². The summed E-state index contributed by atoms with van der Waals surface area (Å²) in [6.45, 7) is 1.90. The minimum absolute atomic E-state index is 0.0576. The van der Waals surface area contributed by atoms with E-state index in [0.29, 0.717) is 48.4 Å². The second-order valence-corrected chi connectivity index (χ2v) is 6.70. The number of benzene rings is 1. The van der Waals surface area contributed by atoms with Crippen LogP contribution in [-0.4, -0.2) is 54.9 Å². The highest BCUT2D eigenvalue weighted by Gasteiger charge is 2.23. The molecule has 1 fully saturated rings. The summed E-state index contributed by atoms with van der Waals surface area (Å²) in [7, 11) is 1.48. The molecule has 0 saturated carbocycles. The lowest BCUT2D eigenvalue weighted by atomic mass is 10.2. The smallest absolute Gasteiger partial charge is 0.289 e. The van der Waals surface area contributed by atoms with Gasteiger partial charge in [-0.25, -0.2) is 0 Å². The molecule has 0 spiro atoms. The van der Waals surface area contributed by atoms with Gasteiger partial charge in [0.25, 0.3) is 11.8 Å². The largest absolute Gasteiger partial charge is 0.495 e. The van der Waals surface area contributed by atoms with Crippen molar-refractivity contribution in [2.75, 3.05) is 38.6 Å². The van der Waals surface area contributed by atoms with Crippen LogP contribution in [0.25, 0.3) is 0 Å². The quantitative estimate of drug-likeness (QED) is 0.596. The summed E-state index contributed by atoms with van der Waals surface area (Å²) in [5.74, 6) is -0.0151. The van der Waals surface area contributed by atoms with E-state index in [0.717, 1.165) is 0 Å². The first kappa shape index (κ1) is 20.3. The third kappa shape index (κ3) is 4.89. The number of nitriles is 1. The molecule has 1 aliphatic rings. The van der Waals surface area contributed by atoms with E-state index in [-0.39, 0.29) is 11.5 Å². The Balaban J connectivity index is 1.63. The first-order valence-electron chi connectivity index (χ1n) is 8.85. The maximum absolute atomic E-state index is 12.5. The number of ether oxygens (including phenoxy) is 1. The Hall–Kier alpha value is -3.44. The molecule has 2 heterocycles. The van der Waals surface area contributed by atoms with Gasteiger partial charge in [-0.15, -0.1) is 0 Å². The highest BCUT2D eigenvalue weighted by molar-refractivity contribution is 6.31. The van der Waals surface area contributed by atoms with E-state index in [2.05, 4.69) is 5.32 Å². The van der Waals surface area contributed by atoms with Gasteiger partial charge >= 0.3 is 0 Å². The van der Waals surface area contributed by atoms with E-state index in [1.807, 2.05) is 11.0 Å². The van der Waals surface area contributed by atoms with Gasteiger partial charge in [-0.1, -0.05) is 11.6 Å². The number of rotatable bonds is 5. The predicted molar refractivity (Wildman–Crippen MR) is 107 cm³/mol. The molecule has 1 N–H and O–H groups in total. The average molecular weight is 415 g/mol. The number of hydrogen-bond donors (Lipinski definition) is 1. The molecule has 2 amide bonds. The number of hydrogen-bond acceptors (Lipinski definition) is 6. The lowest BCUT2D eigenvalue weighted by molar-refractivity contribution is -0.112. The van der Waals surface area contributed by atoms with E-state index >= 15 is 0 Å². The number of nitrogens with zero attached hydrogens (tertiary/aromatic N) is 3. The normalized spacial score (nSPS) is 14.3. The topological polar surface area (TPSA) is 98.8 Å². The number of methoxy groups -OCH3 is 1. The minimum Gasteiger partial charge on any atom is -0.495 e. The van der Waals surface area contributed by atoms with Crippen molar-refractivity contribution in [1.29, 1.82) is 5.26 Å². The predicted octanol–water partition coefficient (Wildman–Crippen LogP) is 2.75. The van der Waals surface area contributed by atoms with Crippen LogP contribution in [0.2, 0.25) is 5.02 Å². The molecule has 3 rings (SSSR count). The van der Waals surface area contributed by atoms with Gasteiger partial charge in [0.1, 0.15) is 17.4 Å². The van der Waals surface area contributed by atoms with Crippen LogP contribution < -0.4 is 10.1 Å². The van der Waals surface area contributed by atoms with Crippen LogP contribution in [0.4, 0.5) is 5.69 Å². The molecular weight excluding hydrogens is 396 g/mol.